The molecule has 1 aliphatic rings. The van der Waals surface area contributed by atoms with Gasteiger partial charge in [0, 0.05) is 29.6 Å². The minimum Gasteiger partial charge on any atom is -0.342 e. The summed E-state index contributed by atoms with van der Waals surface area (Å²) in [6.45, 7) is 1.92. The Balaban J connectivity index is 1.51. The van der Waals surface area contributed by atoms with Crippen molar-refractivity contribution in [2.45, 2.75) is 44.7 Å². The summed E-state index contributed by atoms with van der Waals surface area (Å²) < 4.78 is 2.10. The number of hydrogen-bond acceptors (Lipinski definition) is 5. The van der Waals surface area contributed by atoms with Crippen LogP contribution in [0.4, 0.5) is 0 Å². The highest BCUT2D eigenvalue weighted by Crippen LogP contribution is 2.31. The number of hydrogen-bond donors (Lipinski definition) is 2. The van der Waals surface area contributed by atoms with E-state index in [1.165, 1.54) is 19.0 Å². The number of rotatable bonds is 5. The van der Waals surface area contributed by atoms with E-state index >= 15 is 0 Å². The highest BCUT2D eigenvalue weighted by Gasteiger charge is 2.23. The van der Waals surface area contributed by atoms with Crippen molar-refractivity contribution in [1.29, 1.82) is 0 Å². The molecule has 28 heavy (non-hydrogen) atoms. The Kier molecular flexibility index (Phi) is 5.01. The summed E-state index contributed by atoms with van der Waals surface area (Å²) in [5.74, 6) is 0.592. The van der Waals surface area contributed by atoms with Gasteiger partial charge < -0.3 is 14.9 Å². The number of carbonyl (C=O) groups excluding carboxylic acids is 1. The predicted molar refractivity (Wildman–Crippen MR) is 104 cm³/mol. The number of aromatic amines is 1. The fourth-order valence-corrected chi connectivity index (χ4v) is 3.71. The van der Waals surface area contributed by atoms with Gasteiger partial charge in [0.1, 0.15) is 6.33 Å². The van der Waals surface area contributed by atoms with Gasteiger partial charge in [-0.15, -0.1) is 10.2 Å². The van der Waals surface area contributed by atoms with Crippen LogP contribution < -0.4 is 11.0 Å². The lowest BCUT2D eigenvalue weighted by atomic mass is 10.1. The number of H-pyrrole nitrogens is 1. The van der Waals surface area contributed by atoms with Crippen molar-refractivity contribution in [3.63, 3.8) is 0 Å². The second-order valence-corrected chi connectivity index (χ2v) is 7.12. The normalized spacial score (nSPS) is 15.5. The van der Waals surface area contributed by atoms with Gasteiger partial charge in [0.15, 0.2) is 5.82 Å². The van der Waals surface area contributed by atoms with Gasteiger partial charge in [-0.3, -0.25) is 4.79 Å². The molecule has 1 aliphatic carbocycles. The fourth-order valence-electron chi connectivity index (χ4n) is 3.71. The van der Waals surface area contributed by atoms with Gasteiger partial charge in [-0.2, -0.15) is 0 Å². The largest absolute Gasteiger partial charge is 0.344 e. The quantitative estimate of drug-likeness (QED) is 0.710. The maximum atomic E-state index is 12.8. The molecule has 8 heteroatoms. The van der Waals surface area contributed by atoms with Gasteiger partial charge in [-0.1, -0.05) is 25.0 Å². The smallest absolute Gasteiger partial charge is 0.342 e. The molecule has 8 nitrogen and oxygen atoms in total. The molecule has 1 amide bonds. The zero-order valence-electron chi connectivity index (χ0n) is 15.6. The van der Waals surface area contributed by atoms with Crippen molar-refractivity contribution < 1.29 is 4.79 Å². The molecule has 0 bridgehead atoms. The van der Waals surface area contributed by atoms with Crippen molar-refractivity contribution in [2.75, 3.05) is 0 Å². The molecule has 0 aliphatic heterocycles. The first kappa shape index (κ1) is 18.1. The Labute approximate surface area is 162 Å². The Bertz CT molecular complexity index is 1010. The highest BCUT2D eigenvalue weighted by atomic mass is 16.2. The maximum Gasteiger partial charge on any atom is 0.344 e. The molecule has 2 aromatic heterocycles. The zero-order chi connectivity index (χ0) is 19.5. The molecule has 1 unspecified atom stereocenters. The minimum atomic E-state index is -0.405. The Hall–Kier alpha value is -3.29. The van der Waals surface area contributed by atoms with Crippen LogP contribution in [-0.4, -0.2) is 30.6 Å². The van der Waals surface area contributed by atoms with Crippen LogP contribution in [0.15, 0.2) is 47.8 Å². The number of nitrogens with zero attached hydrogens (tertiary/aromatic N) is 4. The molecule has 3 aromatic rings. The molecule has 2 heterocycles. The number of benzene rings is 1. The molecule has 0 saturated heterocycles. The van der Waals surface area contributed by atoms with E-state index in [2.05, 4.69) is 30.0 Å². The van der Waals surface area contributed by atoms with Crippen molar-refractivity contribution >= 4 is 5.91 Å². The van der Waals surface area contributed by atoms with Gasteiger partial charge in [0.2, 0.25) is 0 Å². The summed E-state index contributed by atoms with van der Waals surface area (Å²) >= 11 is 0. The number of carbonyl (C=O) groups is 1. The van der Waals surface area contributed by atoms with E-state index in [0.717, 1.165) is 29.8 Å². The second-order valence-electron chi connectivity index (χ2n) is 7.12. The summed E-state index contributed by atoms with van der Waals surface area (Å²) in [7, 11) is 0. The van der Waals surface area contributed by atoms with E-state index in [0.29, 0.717) is 11.6 Å². The van der Waals surface area contributed by atoms with Crippen molar-refractivity contribution in [1.82, 2.24) is 30.0 Å². The summed E-state index contributed by atoms with van der Waals surface area (Å²) in [4.78, 5) is 30.2. The second kappa shape index (κ2) is 7.75. The van der Waals surface area contributed by atoms with E-state index in [9.17, 15) is 9.59 Å². The SMILES string of the molecule is CC(NC(=O)c1cccc(-c2cnc(=O)[nH]c2)c1)c1nncn1C1CCCC1. The summed E-state index contributed by atoms with van der Waals surface area (Å²) in [6.07, 6.45) is 9.52. The molecular formula is C20H22N6O2. The van der Waals surface area contributed by atoms with E-state index in [1.807, 2.05) is 13.0 Å². The lowest BCUT2D eigenvalue weighted by molar-refractivity contribution is 0.0937. The third-order valence-electron chi connectivity index (χ3n) is 5.18. The molecule has 4 rings (SSSR count). The maximum absolute atomic E-state index is 12.8. The van der Waals surface area contributed by atoms with Crippen molar-refractivity contribution in [3.05, 3.63) is 64.9 Å². The predicted octanol–water partition coefficient (Wildman–Crippen LogP) is 2.63. The van der Waals surface area contributed by atoms with Crippen molar-refractivity contribution in [2.24, 2.45) is 0 Å². The number of aromatic nitrogens is 5. The van der Waals surface area contributed by atoms with Crippen LogP contribution in [0.25, 0.3) is 11.1 Å². The van der Waals surface area contributed by atoms with Crippen LogP contribution in [0, 0.1) is 0 Å². The summed E-state index contributed by atoms with van der Waals surface area (Å²) in [6, 6.07) is 7.37. The summed E-state index contributed by atoms with van der Waals surface area (Å²) in [5, 5.41) is 11.3. The molecule has 144 valence electrons. The number of nitrogens with one attached hydrogen (secondary N) is 2. The zero-order valence-corrected chi connectivity index (χ0v) is 15.6. The lowest BCUT2D eigenvalue weighted by Gasteiger charge is -2.19. The lowest BCUT2D eigenvalue weighted by Crippen LogP contribution is -2.29. The van der Waals surface area contributed by atoms with Gasteiger partial charge in [0.25, 0.3) is 5.91 Å². The van der Waals surface area contributed by atoms with Crippen LogP contribution in [-0.2, 0) is 0 Å². The van der Waals surface area contributed by atoms with Crippen LogP contribution in [0.1, 0.15) is 60.9 Å². The van der Waals surface area contributed by atoms with E-state index in [4.69, 9.17) is 0 Å². The van der Waals surface area contributed by atoms with Crippen LogP contribution in [0.5, 0.6) is 0 Å². The molecule has 0 spiro atoms. The van der Waals surface area contributed by atoms with Crippen LogP contribution in [0.3, 0.4) is 0 Å². The third-order valence-corrected chi connectivity index (χ3v) is 5.18. The van der Waals surface area contributed by atoms with E-state index in [-0.39, 0.29) is 11.9 Å². The monoisotopic (exact) mass is 378 g/mol. The fraction of sp³-hybridized carbons (Fsp3) is 0.350. The van der Waals surface area contributed by atoms with Crippen LogP contribution >= 0.6 is 0 Å². The van der Waals surface area contributed by atoms with E-state index in [1.54, 1.807) is 30.7 Å². The highest BCUT2D eigenvalue weighted by molar-refractivity contribution is 5.95. The van der Waals surface area contributed by atoms with E-state index < -0.39 is 5.69 Å². The van der Waals surface area contributed by atoms with Crippen molar-refractivity contribution in [3.8, 4) is 11.1 Å². The van der Waals surface area contributed by atoms with Gasteiger partial charge >= 0.3 is 5.69 Å². The Morgan fingerprint density at radius 3 is 2.86 bits per heavy atom. The first-order chi connectivity index (χ1) is 13.6. The van der Waals surface area contributed by atoms with Gasteiger partial charge in [-0.25, -0.2) is 9.78 Å². The minimum absolute atomic E-state index is 0.187. The molecule has 1 saturated carbocycles. The molecule has 0 radical (unpaired) electrons. The third kappa shape index (κ3) is 3.71. The van der Waals surface area contributed by atoms with Gasteiger partial charge in [0.05, 0.1) is 6.04 Å². The molecule has 1 fully saturated rings. The average molecular weight is 378 g/mol. The molecule has 1 atom stereocenters. The first-order valence-corrected chi connectivity index (χ1v) is 9.47. The standard InChI is InChI=1S/C20H22N6O2/c1-13(18-25-23-12-26(18)17-7-2-3-8-17)24-19(27)15-6-4-5-14(9-15)16-10-21-20(28)22-11-16/h4-6,9-13,17H,2-3,7-8H2,1H3,(H,24,27)(H,21,22,28). The Morgan fingerprint density at radius 2 is 2.11 bits per heavy atom. The Morgan fingerprint density at radius 1 is 1.29 bits per heavy atom. The topological polar surface area (TPSA) is 106 Å². The average Bonchev–Trinajstić information content (AvgIpc) is 3.40. The first-order valence-electron chi connectivity index (χ1n) is 9.47. The van der Waals surface area contributed by atoms with Crippen LogP contribution in [0.2, 0.25) is 0 Å². The van der Waals surface area contributed by atoms with Gasteiger partial charge in [-0.05, 0) is 37.5 Å². The summed E-state index contributed by atoms with van der Waals surface area (Å²) in [5.41, 5.74) is 1.67. The number of amides is 1. The molecule has 2 N–H and O–H groups in total. The molecule has 1 aromatic carbocycles. The molecular weight excluding hydrogens is 356 g/mol.